The summed E-state index contributed by atoms with van der Waals surface area (Å²) in [6.07, 6.45) is -1.16. The Morgan fingerprint density at radius 2 is 2.03 bits per heavy atom. The third-order valence-electron chi connectivity index (χ3n) is 4.67. The number of hydrogen-bond acceptors (Lipinski definition) is 5. The molecule has 2 aromatic carbocycles. The molecule has 150 valence electrons. The van der Waals surface area contributed by atoms with Crippen LogP contribution in [-0.4, -0.2) is 35.8 Å². The smallest absolute Gasteiger partial charge is 0.424 e. The molecule has 0 bridgehead atoms. The van der Waals surface area contributed by atoms with Crippen LogP contribution in [0.4, 0.5) is 14.9 Å². The zero-order chi connectivity index (χ0) is 20.7. The van der Waals surface area contributed by atoms with Gasteiger partial charge < -0.3 is 14.5 Å². The molecular weight excluding hydrogens is 381 g/mol. The molecule has 0 radical (unpaired) electrons. The molecule has 2 amide bonds. The van der Waals surface area contributed by atoms with Crippen molar-refractivity contribution in [1.29, 1.82) is 0 Å². The highest BCUT2D eigenvalue weighted by atomic mass is 19.1. The minimum atomic E-state index is -0.701. The SMILES string of the molecule is CC(=O)NCC1CN(c2ccc(-n3c(=O)oc4ccc(C)cc43)c(F)c2)C(=O)O1. The first kappa shape index (κ1) is 18.7. The Balaban J connectivity index is 1.65. The maximum atomic E-state index is 14.9. The summed E-state index contributed by atoms with van der Waals surface area (Å²) in [5.41, 5.74) is 2.02. The number of carbonyl (C=O) groups is 2. The van der Waals surface area contributed by atoms with Crippen LogP contribution >= 0.6 is 0 Å². The molecule has 0 spiro atoms. The first-order chi connectivity index (χ1) is 13.8. The van der Waals surface area contributed by atoms with Gasteiger partial charge in [0.1, 0.15) is 11.9 Å². The number of rotatable bonds is 4. The summed E-state index contributed by atoms with van der Waals surface area (Å²) in [6.45, 7) is 3.57. The summed E-state index contributed by atoms with van der Waals surface area (Å²) in [5.74, 6) is -1.62. The van der Waals surface area contributed by atoms with Gasteiger partial charge >= 0.3 is 11.8 Å². The number of amides is 2. The van der Waals surface area contributed by atoms with Crippen LogP contribution in [0.3, 0.4) is 0 Å². The van der Waals surface area contributed by atoms with Crippen molar-refractivity contribution in [1.82, 2.24) is 9.88 Å². The number of nitrogens with one attached hydrogen (secondary N) is 1. The zero-order valence-corrected chi connectivity index (χ0v) is 15.8. The van der Waals surface area contributed by atoms with E-state index in [1.54, 1.807) is 18.2 Å². The molecule has 9 heteroatoms. The lowest BCUT2D eigenvalue weighted by molar-refractivity contribution is -0.119. The molecule has 1 fully saturated rings. The van der Waals surface area contributed by atoms with Gasteiger partial charge in [0.05, 0.1) is 30.0 Å². The lowest BCUT2D eigenvalue weighted by Gasteiger charge is -2.14. The summed E-state index contributed by atoms with van der Waals surface area (Å²) in [5, 5.41) is 2.58. The number of carbonyl (C=O) groups excluding carboxylic acids is 2. The number of nitrogens with zero attached hydrogens (tertiary/aromatic N) is 2. The Labute approximate surface area is 164 Å². The average molecular weight is 399 g/mol. The van der Waals surface area contributed by atoms with E-state index >= 15 is 0 Å². The van der Waals surface area contributed by atoms with Crippen LogP contribution in [-0.2, 0) is 9.53 Å². The van der Waals surface area contributed by atoms with Gasteiger partial charge in [-0.3, -0.25) is 9.69 Å². The van der Waals surface area contributed by atoms with Crippen LogP contribution < -0.4 is 16.0 Å². The summed E-state index contributed by atoms with van der Waals surface area (Å²) in [7, 11) is 0. The fourth-order valence-electron chi connectivity index (χ4n) is 3.30. The molecule has 4 rings (SSSR count). The molecule has 29 heavy (non-hydrogen) atoms. The lowest BCUT2D eigenvalue weighted by Crippen LogP contribution is -2.33. The number of ether oxygens (including phenoxy) is 1. The predicted octanol–water partition coefficient (Wildman–Crippen LogP) is 2.49. The summed E-state index contributed by atoms with van der Waals surface area (Å²) >= 11 is 0. The van der Waals surface area contributed by atoms with Gasteiger partial charge in [0.2, 0.25) is 5.91 Å². The standard InChI is InChI=1S/C20H18FN3O5/c1-11-3-6-18-17(7-11)24(20(27)29-18)16-5-4-13(8-15(16)21)23-10-14(28-19(23)26)9-22-12(2)25/h3-8,14H,9-10H2,1-2H3,(H,22,25). The third kappa shape index (κ3) is 3.46. The fourth-order valence-corrected chi connectivity index (χ4v) is 3.30. The number of anilines is 1. The Hall–Kier alpha value is -3.62. The normalized spacial score (nSPS) is 16.3. The van der Waals surface area contributed by atoms with E-state index in [0.717, 1.165) is 10.1 Å². The number of halogens is 1. The van der Waals surface area contributed by atoms with E-state index in [0.29, 0.717) is 16.8 Å². The van der Waals surface area contributed by atoms with Gasteiger partial charge in [-0.2, -0.15) is 0 Å². The summed E-state index contributed by atoms with van der Waals surface area (Å²) < 4.78 is 26.5. The number of hydrogen-bond donors (Lipinski definition) is 1. The second-order valence-corrected chi connectivity index (χ2v) is 6.86. The van der Waals surface area contributed by atoms with E-state index < -0.39 is 23.8 Å². The van der Waals surface area contributed by atoms with Gasteiger partial charge in [-0.25, -0.2) is 18.5 Å². The van der Waals surface area contributed by atoms with Gasteiger partial charge in [-0.1, -0.05) is 6.07 Å². The van der Waals surface area contributed by atoms with Crippen LogP contribution in [0.2, 0.25) is 0 Å². The van der Waals surface area contributed by atoms with Crippen molar-refractivity contribution < 1.29 is 23.1 Å². The van der Waals surface area contributed by atoms with E-state index in [-0.39, 0.29) is 24.7 Å². The molecular formula is C20H18FN3O5. The van der Waals surface area contributed by atoms with E-state index in [2.05, 4.69) is 5.32 Å². The summed E-state index contributed by atoms with van der Waals surface area (Å²) in [4.78, 5) is 36.7. The average Bonchev–Trinajstić information content (AvgIpc) is 3.19. The molecule has 0 aliphatic carbocycles. The number of cyclic esters (lactones) is 1. The number of aromatic nitrogens is 1. The largest absolute Gasteiger partial charge is 0.442 e. The van der Waals surface area contributed by atoms with Crippen LogP contribution in [0.15, 0.2) is 45.6 Å². The lowest BCUT2D eigenvalue weighted by atomic mass is 10.2. The molecule has 1 atom stereocenters. The second-order valence-electron chi connectivity index (χ2n) is 6.86. The fraction of sp³-hybridized carbons (Fsp3) is 0.250. The van der Waals surface area contributed by atoms with Crippen LogP contribution in [0, 0.1) is 12.7 Å². The number of benzene rings is 2. The van der Waals surface area contributed by atoms with Crippen LogP contribution in [0.25, 0.3) is 16.8 Å². The maximum absolute atomic E-state index is 14.9. The Bertz CT molecular complexity index is 1180. The highest BCUT2D eigenvalue weighted by Gasteiger charge is 2.33. The maximum Gasteiger partial charge on any atom is 0.424 e. The molecule has 1 N–H and O–H groups in total. The number of fused-ring (bicyclic) bond motifs is 1. The van der Waals surface area contributed by atoms with E-state index in [1.807, 2.05) is 6.92 Å². The topological polar surface area (TPSA) is 93.8 Å². The molecule has 0 saturated carbocycles. The Morgan fingerprint density at radius 1 is 1.24 bits per heavy atom. The Morgan fingerprint density at radius 3 is 2.76 bits per heavy atom. The van der Waals surface area contributed by atoms with Gasteiger partial charge in [0.25, 0.3) is 0 Å². The molecule has 1 aliphatic heterocycles. The minimum Gasteiger partial charge on any atom is -0.442 e. The molecule has 8 nitrogen and oxygen atoms in total. The minimum absolute atomic E-state index is 0.0189. The van der Waals surface area contributed by atoms with Crippen molar-refractivity contribution >= 4 is 28.8 Å². The molecule has 2 heterocycles. The zero-order valence-electron chi connectivity index (χ0n) is 15.8. The quantitative estimate of drug-likeness (QED) is 0.728. The van der Waals surface area contributed by atoms with Crippen molar-refractivity contribution in [2.45, 2.75) is 20.0 Å². The molecule has 1 saturated heterocycles. The highest BCUT2D eigenvalue weighted by Crippen LogP contribution is 2.27. The summed E-state index contributed by atoms with van der Waals surface area (Å²) in [6, 6.07) is 9.30. The van der Waals surface area contributed by atoms with E-state index in [4.69, 9.17) is 9.15 Å². The Kier molecular flexibility index (Phi) is 4.57. The second kappa shape index (κ2) is 7.08. The molecule has 1 unspecified atom stereocenters. The first-order valence-corrected chi connectivity index (χ1v) is 8.98. The molecule has 3 aromatic rings. The molecule has 1 aromatic heterocycles. The van der Waals surface area contributed by atoms with Crippen LogP contribution in [0.5, 0.6) is 0 Å². The van der Waals surface area contributed by atoms with Gasteiger partial charge in [0.15, 0.2) is 5.58 Å². The molecule has 1 aliphatic rings. The van der Waals surface area contributed by atoms with Gasteiger partial charge in [-0.15, -0.1) is 0 Å². The van der Waals surface area contributed by atoms with Crippen LogP contribution in [0.1, 0.15) is 12.5 Å². The third-order valence-corrected chi connectivity index (χ3v) is 4.67. The van der Waals surface area contributed by atoms with Crippen molar-refractivity contribution in [2.75, 3.05) is 18.0 Å². The van der Waals surface area contributed by atoms with Gasteiger partial charge in [-0.05, 0) is 42.8 Å². The van der Waals surface area contributed by atoms with E-state index in [1.165, 1.54) is 30.0 Å². The van der Waals surface area contributed by atoms with Gasteiger partial charge in [0, 0.05) is 6.92 Å². The monoisotopic (exact) mass is 399 g/mol. The van der Waals surface area contributed by atoms with Crippen molar-refractivity contribution in [3.63, 3.8) is 0 Å². The van der Waals surface area contributed by atoms with Crippen molar-refractivity contribution in [3.8, 4) is 5.69 Å². The first-order valence-electron chi connectivity index (χ1n) is 8.98. The predicted molar refractivity (Wildman–Crippen MR) is 103 cm³/mol. The van der Waals surface area contributed by atoms with Crippen molar-refractivity contribution in [2.24, 2.45) is 0 Å². The van der Waals surface area contributed by atoms with Crippen molar-refractivity contribution in [3.05, 3.63) is 58.3 Å². The number of aryl methyl sites for hydroxylation is 1. The number of oxazole rings is 1. The van der Waals surface area contributed by atoms with E-state index in [9.17, 15) is 18.8 Å². The highest BCUT2D eigenvalue weighted by molar-refractivity contribution is 5.90.